The zero-order chi connectivity index (χ0) is 59.4. The first-order valence-electron chi connectivity index (χ1n) is 28.8. The number of likely N-dealkylation sites (tertiary alicyclic amines) is 1. The first-order valence-corrected chi connectivity index (χ1v) is 29.7. The van der Waals surface area contributed by atoms with Gasteiger partial charge >= 0.3 is 0 Å². The number of fused-ring (bicyclic) bond motifs is 2. The van der Waals surface area contributed by atoms with Gasteiger partial charge in [-0.15, -0.1) is 21.5 Å². The van der Waals surface area contributed by atoms with Gasteiger partial charge in [0.25, 0.3) is 0 Å². The van der Waals surface area contributed by atoms with Gasteiger partial charge in [0.2, 0.25) is 23.6 Å². The van der Waals surface area contributed by atoms with Crippen molar-refractivity contribution in [3.05, 3.63) is 89.7 Å². The van der Waals surface area contributed by atoms with Crippen LogP contribution in [0.4, 0.5) is 17.2 Å². The Labute approximate surface area is 495 Å². The molecule has 6 atom stereocenters. The number of rotatable bonds is 33. The van der Waals surface area contributed by atoms with E-state index in [1.807, 2.05) is 94.7 Å². The molecular formula is C60H82N10O13S. The molecule has 23 nitrogen and oxygen atoms in total. The molecule has 3 saturated heterocycles. The van der Waals surface area contributed by atoms with Crippen molar-refractivity contribution in [1.29, 1.82) is 0 Å². The second kappa shape index (κ2) is 31.5. The van der Waals surface area contributed by atoms with E-state index in [1.165, 1.54) is 4.90 Å². The Morgan fingerprint density at radius 3 is 1.93 bits per heavy atom. The number of benzene rings is 2. The molecule has 3 fully saturated rings. The summed E-state index contributed by atoms with van der Waals surface area (Å²) in [5.74, 6) is -0.253. The topological polar surface area (TPSA) is 277 Å². The summed E-state index contributed by atoms with van der Waals surface area (Å²) in [6.07, 6.45) is 3.08. The van der Waals surface area contributed by atoms with Gasteiger partial charge in [0.1, 0.15) is 31.0 Å². The molecule has 0 radical (unpaired) electrons. The number of nitrogen functional groups attached to an aromatic ring is 1. The molecule has 6 heterocycles. The van der Waals surface area contributed by atoms with Crippen LogP contribution in [-0.2, 0) is 47.5 Å². The molecule has 3 aliphatic rings. The maximum atomic E-state index is 14.0. The van der Waals surface area contributed by atoms with Crippen LogP contribution < -0.4 is 30.9 Å². The highest BCUT2D eigenvalue weighted by molar-refractivity contribution is 7.13. The number of thiazole rings is 1. The molecule has 5 aromatic rings. The number of carbonyl (C=O) groups is 3. The Hall–Kier alpha value is -6.61. The minimum Gasteiger partial charge on any atom is -0.507 e. The molecule has 2 aromatic carbocycles. The standard InChI is InChI=1S/C60H82N10O13S/c1-40(42-10-12-43(13-11-42)55-41(2)63-39-84-55)64-58(74)51-33-47(71)37-69(51)59(75)56(60(3,4)5)65-53(73)38-82-29-28-80-25-24-78-21-20-76-18-19-77-22-23-79-26-27-81-30-31-83-54-32-44(16-17-62-54)70-45-14-15-46(70)36-68(35-45)50-34-49(66-67-57(50)61)48-8-6-7-9-52(48)72/h6-13,16-17,32,34,39-40,45-47,51,56,71-72H,14-15,18-31,33,35-38H2,1-5H3,(H2,61,67)(H,64,74)(H,65,73)/t40-,45?,46?,47+,51-,56+/m0/s1. The number of aromatic hydroxyl groups is 1. The minimum absolute atomic E-state index is 0.0250. The van der Waals surface area contributed by atoms with Gasteiger partial charge in [0, 0.05) is 61.7 Å². The molecule has 0 saturated carbocycles. The number of aliphatic hydroxyl groups is 1. The third kappa shape index (κ3) is 18.0. The number of phenolic OH excluding ortho intramolecular Hbond substituents is 1. The number of hydrogen-bond acceptors (Lipinski definition) is 21. The van der Waals surface area contributed by atoms with E-state index in [-0.39, 0.29) is 62.6 Å². The van der Waals surface area contributed by atoms with Crippen LogP contribution in [0.25, 0.3) is 21.7 Å². The zero-order valence-electron chi connectivity index (χ0n) is 48.8. The number of amides is 3. The van der Waals surface area contributed by atoms with Crippen molar-refractivity contribution in [2.45, 2.75) is 90.2 Å². The molecule has 2 unspecified atom stereocenters. The van der Waals surface area contributed by atoms with Crippen LogP contribution >= 0.6 is 11.3 Å². The number of phenols is 1. The quantitative estimate of drug-likeness (QED) is 0.0346. The second-order valence-electron chi connectivity index (χ2n) is 22.0. The molecule has 2 bridgehead atoms. The molecule has 0 aliphatic carbocycles. The number of β-amino-alcohol motifs (C(OH)–C–C–N with tert-alkyl or cyclic N) is 1. The Morgan fingerprint density at radius 2 is 1.35 bits per heavy atom. The minimum atomic E-state index is -0.975. The highest BCUT2D eigenvalue weighted by Crippen LogP contribution is 2.40. The van der Waals surface area contributed by atoms with Gasteiger partial charge in [-0.3, -0.25) is 14.4 Å². The van der Waals surface area contributed by atoms with Crippen LogP contribution in [0.15, 0.2) is 78.4 Å². The predicted octanol–water partition coefficient (Wildman–Crippen LogP) is 4.98. The number of nitrogens with one attached hydrogen (secondary N) is 2. The fraction of sp³-hybridized carbons (Fsp3) is 0.550. The lowest BCUT2D eigenvalue weighted by atomic mass is 9.85. The molecule has 0 spiro atoms. The number of piperazine rings is 1. The molecule has 3 aliphatic heterocycles. The van der Waals surface area contributed by atoms with Gasteiger partial charge in [-0.2, -0.15) is 0 Å². The number of para-hydroxylation sites is 1. The van der Waals surface area contributed by atoms with Crippen molar-refractivity contribution in [3.63, 3.8) is 0 Å². The lowest BCUT2D eigenvalue weighted by Crippen LogP contribution is -2.58. The summed E-state index contributed by atoms with van der Waals surface area (Å²) in [5, 5.41) is 35.3. The first kappa shape index (κ1) is 63.4. The van der Waals surface area contributed by atoms with E-state index in [2.05, 4.69) is 40.6 Å². The summed E-state index contributed by atoms with van der Waals surface area (Å²) < 4.78 is 45.1. The number of nitrogens with two attached hydrogens (primary N) is 1. The zero-order valence-corrected chi connectivity index (χ0v) is 49.6. The summed E-state index contributed by atoms with van der Waals surface area (Å²) in [6, 6.07) is 19.2. The number of aryl methyl sites for hydroxylation is 1. The van der Waals surface area contributed by atoms with Gasteiger partial charge < -0.3 is 79.2 Å². The van der Waals surface area contributed by atoms with Gasteiger partial charge in [0.15, 0.2) is 5.82 Å². The fourth-order valence-corrected chi connectivity index (χ4v) is 11.3. The molecule has 8 rings (SSSR count). The van der Waals surface area contributed by atoms with E-state index >= 15 is 0 Å². The van der Waals surface area contributed by atoms with Crippen LogP contribution in [0.3, 0.4) is 0 Å². The van der Waals surface area contributed by atoms with E-state index in [1.54, 1.807) is 29.7 Å². The second-order valence-corrected chi connectivity index (χ2v) is 22.9. The number of aliphatic hydroxyl groups excluding tert-OH is 1. The average Bonchev–Trinajstić information content (AvgIpc) is 2.17. The van der Waals surface area contributed by atoms with E-state index in [0.29, 0.717) is 102 Å². The van der Waals surface area contributed by atoms with Crippen LogP contribution in [0, 0.1) is 12.3 Å². The summed E-state index contributed by atoms with van der Waals surface area (Å²) in [6.45, 7) is 15.7. The number of hydrogen-bond donors (Lipinski definition) is 5. The van der Waals surface area contributed by atoms with Crippen LogP contribution in [0.5, 0.6) is 11.6 Å². The highest BCUT2D eigenvalue weighted by Gasteiger charge is 2.45. The largest absolute Gasteiger partial charge is 0.507 e. The maximum absolute atomic E-state index is 14.0. The van der Waals surface area contributed by atoms with Crippen molar-refractivity contribution in [3.8, 4) is 33.3 Å². The Kier molecular flexibility index (Phi) is 23.8. The number of aromatic nitrogens is 4. The van der Waals surface area contributed by atoms with Crippen molar-refractivity contribution >= 4 is 46.3 Å². The Balaban J connectivity index is 0.593. The van der Waals surface area contributed by atoms with Gasteiger partial charge in [-0.05, 0) is 67.5 Å². The molecule has 3 amide bonds. The number of carbonyl (C=O) groups excluding carboxylic acids is 3. The van der Waals surface area contributed by atoms with Crippen molar-refractivity contribution in [1.82, 2.24) is 35.7 Å². The lowest BCUT2D eigenvalue weighted by molar-refractivity contribution is -0.144. The summed E-state index contributed by atoms with van der Waals surface area (Å²) >= 11 is 1.57. The Morgan fingerprint density at radius 1 is 0.750 bits per heavy atom. The smallest absolute Gasteiger partial charge is 0.246 e. The van der Waals surface area contributed by atoms with Gasteiger partial charge in [-0.25, -0.2) is 9.97 Å². The molecular weight excluding hydrogens is 1100 g/mol. The van der Waals surface area contributed by atoms with Gasteiger partial charge in [-0.1, -0.05) is 57.2 Å². The molecule has 24 heteroatoms. The molecule has 84 heavy (non-hydrogen) atoms. The summed E-state index contributed by atoms with van der Waals surface area (Å²) in [7, 11) is 0. The van der Waals surface area contributed by atoms with Crippen molar-refractivity contribution in [2.75, 3.05) is 134 Å². The van der Waals surface area contributed by atoms with Crippen LogP contribution in [-0.4, -0.2) is 202 Å². The lowest BCUT2D eigenvalue weighted by Gasteiger charge is -2.43. The monoisotopic (exact) mass is 1180 g/mol. The molecule has 6 N–H and O–H groups in total. The van der Waals surface area contributed by atoms with Gasteiger partial charge in [0.05, 0.1) is 125 Å². The normalized spacial score (nSPS) is 18.5. The SMILES string of the molecule is Cc1ncsc1-c1ccc([C@H](C)NC(=O)[C@@H]2C[C@@H](O)CN2C(=O)[C@@H](NC(=O)COCCOCCOCCOCCOCCOCCOCCOc2cc(N3C4CCC3CN(c3cc(-c5ccccc5O)nnc3N)C4)ccn2)C(C)(C)C)cc1. The van der Waals surface area contributed by atoms with Crippen molar-refractivity contribution in [2.24, 2.45) is 5.41 Å². The van der Waals surface area contributed by atoms with Crippen molar-refractivity contribution < 1.29 is 62.5 Å². The average molecular weight is 1180 g/mol. The van der Waals surface area contributed by atoms with E-state index in [0.717, 1.165) is 59.0 Å². The van der Waals surface area contributed by atoms with Crippen LogP contribution in [0.1, 0.15) is 64.3 Å². The predicted molar refractivity (Wildman–Crippen MR) is 317 cm³/mol. The maximum Gasteiger partial charge on any atom is 0.246 e. The number of ether oxygens (including phenoxy) is 8. The van der Waals surface area contributed by atoms with Crippen LogP contribution in [0.2, 0.25) is 0 Å². The first-order chi connectivity index (χ1) is 40.6. The number of nitrogens with zero attached hydrogens (tertiary/aromatic N) is 7. The molecule has 3 aromatic heterocycles. The summed E-state index contributed by atoms with van der Waals surface area (Å²) in [5.41, 5.74) is 13.4. The highest BCUT2D eigenvalue weighted by atomic mass is 32.1. The fourth-order valence-electron chi connectivity index (χ4n) is 10.5. The number of anilines is 3. The summed E-state index contributed by atoms with van der Waals surface area (Å²) in [4.78, 5) is 56.6. The van der Waals surface area contributed by atoms with E-state index < -0.39 is 35.4 Å². The Bertz CT molecular complexity index is 2870. The van der Waals surface area contributed by atoms with E-state index in [4.69, 9.17) is 43.6 Å². The van der Waals surface area contributed by atoms with E-state index in [9.17, 15) is 24.6 Å². The third-order valence-electron chi connectivity index (χ3n) is 14.8. The third-order valence-corrected chi connectivity index (χ3v) is 15.8. The molecule has 456 valence electrons. The number of pyridine rings is 1.